The van der Waals surface area contributed by atoms with Crippen LogP contribution in [0.4, 0.5) is 5.13 Å². The van der Waals surface area contributed by atoms with Crippen molar-refractivity contribution in [2.75, 3.05) is 31.1 Å². The summed E-state index contributed by atoms with van der Waals surface area (Å²) in [4.78, 5) is 21.6. The number of hydrogen-bond donors (Lipinski definition) is 0. The predicted molar refractivity (Wildman–Crippen MR) is 103 cm³/mol. The van der Waals surface area contributed by atoms with Crippen molar-refractivity contribution in [2.45, 2.75) is 13.3 Å². The number of nitrogens with zero attached hydrogens (tertiary/aromatic N) is 5. The van der Waals surface area contributed by atoms with Crippen LogP contribution in [0.25, 0.3) is 5.69 Å². The van der Waals surface area contributed by atoms with Crippen LogP contribution >= 0.6 is 11.3 Å². The zero-order chi connectivity index (χ0) is 17.9. The molecule has 0 aliphatic carbocycles. The molecular weight excluding hydrogens is 346 g/mol. The van der Waals surface area contributed by atoms with Gasteiger partial charge in [-0.15, -0.1) is 11.3 Å². The molecule has 0 spiro atoms. The molecule has 0 saturated carbocycles. The maximum atomic E-state index is 13.1. The number of carbonyl (C=O) groups excluding carboxylic acids is 1. The fraction of sp³-hybridized carbons (Fsp3) is 0.316. The van der Waals surface area contributed by atoms with E-state index in [1.54, 1.807) is 17.5 Å². The molecule has 1 aromatic carbocycles. The van der Waals surface area contributed by atoms with E-state index in [1.807, 2.05) is 51.5 Å². The molecule has 0 unspecified atom stereocenters. The highest BCUT2D eigenvalue weighted by Gasteiger charge is 2.26. The van der Waals surface area contributed by atoms with Crippen LogP contribution in [0.5, 0.6) is 0 Å². The average Bonchev–Trinajstić information content (AvgIpc) is 3.38. The Morgan fingerprint density at radius 2 is 1.92 bits per heavy atom. The van der Waals surface area contributed by atoms with Gasteiger partial charge in [-0.3, -0.25) is 4.79 Å². The fourth-order valence-corrected chi connectivity index (χ4v) is 4.02. The van der Waals surface area contributed by atoms with Crippen molar-refractivity contribution in [3.63, 3.8) is 0 Å². The van der Waals surface area contributed by atoms with Crippen molar-refractivity contribution in [2.24, 2.45) is 0 Å². The Bertz CT molecular complexity index is 867. The van der Waals surface area contributed by atoms with Crippen molar-refractivity contribution in [1.29, 1.82) is 0 Å². The van der Waals surface area contributed by atoms with Crippen LogP contribution in [0.15, 0.2) is 48.1 Å². The molecule has 1 aliphatic heterocycles. The molecule has 2 aromatic heterocycles. The van der Waals surface area contributed by atoms with Gasteiger partial charge in [-0.1, -0.05) is 25.1 Å². The highest BCUT2D eigenvalue weighted by molar-refractivity contribution is 7.13. The highest BCUT2D eigenvalue weighted by atomic mass is 32.1. The van der Waals surface area contributed by atoms with Crippen LogP contribution in [0, 0.1) is 0 Å². The van der Waals surface area contributed by atoms with Crippen molar-refractivity contribution in [3.8, 4) is 5.69 Å². The van der Waals surface area contributed by atoms with Crippen LogP contribution in [-0.2, 0) is 6.42 Å². The van der Waals surface area contributed by atoms with Gasteiger partial charge in [-0.2, -0.15) is 5.10 Å². The molecule has 1 saturated heterocycles. The normalized spacial score (nSPS) is 14.7. The average molecular weight is 367 g/mol. The summed E-state index contributed by atoms with van der Waals surface area (Å²) in [5, 5.41) is 7.49. The Balaban J connectivity index is 1.51. The van der Waals surface area contributed by atoms with Crippen LogP contribution in [0.3, 0.4) is 0 Å². The summed E-state index contributed by atoms with van der Waals surface area (Å²) in [5.74, 6) is 0.0721. The molecule has 0 atom stereocenters. The standard InChI is InChI=1S/C19H21N5OS/c1-2-17-16(14-21-24(17)15-6-4-3-5-7-15)18(25)22-9-11-23(12-10-22)19-20-8-13-26-19/h3-8,13-14H,2,9-12H2,1H3. The zero-order valence-electron chi connectivity index (χ0n) is 14.7. The molecule has 4 rings (SSSR count). The first-order valence-electron chi connectivity index (χ1n) is 8.84. The molecule has 1 amide bonds. The Morgan fingerprint density at radius 3 is 2.58 bits per heavy atom. The number of amides is 1. The molecule has 3 heterocycles. The largest absolute Gasteiger partial charge is 0.345 e. The fourth-order valence-electron chi connectivity index (χ4n) is 3.33. The maximum absolute atomic E-state index is 13.1. The Kier molecular flexibility index (Phi) is 4.71. The van der Waals surface area contributed by atoms with E-state index >= 15 is 0 Å². The van der Waals surface area contributed by atoms with Gasteiger partial charge in [0, 0.05) is 37.8 Å². The van der Waals surface area contributed by atoms with Crippen LogP contribution < -0.4 is 4.90 Å². The minimum Gasteiger partial charge on any atom is -0.345 e. The maximum Gasteiger partial charge on any atom is 0.257 e. The quantitative estimate of drug-likeness (QED) is 0.712. The molecule has 6 nitrogen and oxygen atoms in total. The lowest BCUT2D eigenvalue weighted by molar-refractivity contribution is 0.0745. The monoisotopic (exact) mass is 367 g/mol. The molecule has 1 fully saturated rings. The summed E-state index contributed by atoms with van der Waals surface area (Å²) in [6.07, 6.45) is 4.29. The second kappa shape index (κ2) is 7.29. The first kappa shape index (κ1) is 16.8. The van der Waals surface area contributed by atoms with E-state index in [1.165, 1.54) is 0 Å². The van der Waals surface area contributed by atoms with Gasteiger partial charge in [0.2, 0.25) is 0 Å². The first-order chi connectivity index (χ1) is 12.8. The smallest absolute Gasteiger partial charge is 0.257 e. The van der Waals surface area contributed by atoms with Crippen molar-refractivity contribution < 1.29 is 4.79 Å². The molecule has 134 valence electrons. The highest BCUT2D eigenvalue weighted by Crippen LogP contribution is 2.21. The number of anilines is 1. The van der Waals surface area contributed by atoms with Gasteiger partial charge in [0.1, 0.15) is 0 Å². The van der Waals surface area contributed by atoms with Gasteiger partial charge < -0.3 is 9.80 Å². The number of aromatic nitrogens is 3. The van der Waals surface area contributed by atoms with Gasteiger partial charge in [0.15, 0.2) is 5.13 Å². The molecular formula is C19H21N5OS. The number of piperazine rings is 1. The topological polar surface area (TPSA) is 54.3 Å². The van der Waals surface area contributed by atoms with Crippen LogP contribution in [0.2, 0.25) is 0 Å². The van der Waals surface area contributed by atoms with Crippen molar-refractivity contribution in [1.82, 2.24) is 19.7 Å². The van der Waals surface area contributed by atoms with E-state index in [2.05, 4.69) is 21.9 Å². The number of benzene rings is 1. The van der Waals surface area contributed by atoms with E-state index in [4.69, 9.17) is 0 Å². The first-order valence-corrected chi connectivity index (χ1v) is 9.72. The summed E-state index contributed by atoms with van der Waals surface area (Å²) in [7, 11) is 0. The van der Waals surface area contributed by atoms with Crippen molar-refractivity contribution >= 4 is 22.4 Å². The molecule has 7 heteroatoms. The summed E-state index contributed by atoms with van der Waals surface area (Å²) in [5.41, 5.74) is 2.65. The summed E-state index contributed by atoms with van der Waals surface area (Å²) < 4.78 is 1.87. The molecule has 0 radical (unpaired) electrons. The van der Waals surface area contributed by atoms with Gasteiger partial charge in [0.25, 0.3) is 5.91 Å². The number of carbonyl (C=O) groups is 1. The van der Waals surface area contributed by atoms with Gasteiger partial charge in [-0.05, 0) is 18.6 Å². The third-order valence-electron chi connectivity index (χ3n) is 4.69. The van der Waals surface area contributed by atoms with E-state index in [0.717, 1.165) is 36.0 Å². The van der Waals surface area contributed by atoms with E-state index < -0.39 is 0 Å². The Labute approximate surface area is 156 Å². The lowest BCUT2D eigenvalue weighted by Crippen LogP contribution is -2.48. The summed E-state index contributed by atoms with van der Waals surface area (Å²) in [6, 6.07) is 9.96. The van der Waals surface area contributed by atoms with Crippen LogP contribution in [0.1, 0.15) is 23.0 Å². The Morgan fingerprint density at radius 1 is 1.15 bits per heavy atom. The molecule has 0 N–H and O–H groups in total. The number of rotatable bonds is 4. The number of para-hydroxylation sites is 1. The summed E-state index contributed by atoms with van der Waals surface area (Å²) >= 11 is 1.64. The second-order valence-electron chi connectivity index (χ2n) is 6.20. The third kappa shape index (κ3) is 3.10. The molecule has 3 aromatic rings. The molecule has 1 aliphatic rings. The van der Waals surface area contributed by atoms with Gasteiger partial charge >= 0.3 is 0 Å². The minimum absolute atomic E-state index is 0.0721. The third-order valence-corrected chi connectivity index (χ3v) is 5.52. The molecule has 26 heavy (non-hydrogen) atoms. The number of hydrogen-bond acceptors (Lipinski definition) is 5. The second-order valence-corrected chi connectivity index (χ2v) is 7.07. The van der Waals surface area contributed by atoms with Gasteiger partial charge in [-0.25, -0.2) is 9.67 Å². The van der Waals surface area contributed by atoms with E-state index in [0.29, 0.717) is 18.7 Å². The summed E-state index contributed by atoms with van der Waals surface area (Å²) in [6.45, 7) is 5.10. The lowest BCUT2D eigenvalue weighted by Gasteiger charge is -2.34. The van der Waals surface area contributed by atoms with Crippen LogP contribution in [-0.4, -0.2) is 51.8 Å². The predicted octanol–water partition coefficient (Wildman–Crippen LogP) is 2.85. The number of thiazole rings is 1. The minimum atomic E-state index is 0.0721. The Hall–Kier alpha value is -2.67. The van der Waals surface area contributed by atoms with Crippen molar-refractivity contribution in [3.05, 3.63) is 59.4 Å². The lowest BCUT2D eigenvalue weighted by atomic mass is 10.1. The van der Waals surface area contributed by atoms with Gasteiger partial charge in [0.05, 0.1) is 23.1 Å². The van der Waals surface area contributed by atoms with E-state index in [9.17, 15) is 4.79 Å². The van der Waals surface area contributed by atoms with E-state index in [-0.39, 0.29) is 5.91 Å². The SMILES string of the molecule is CCc1c(C(=O)N2CCN(c3nccs3)CC2)cnn1-c1ccccc1. The molecule has 0 bridgehead atoms. The zero-order valence-corrected chi connectivity index (χ0v) is 15.5.